The van der Waals surface area contributed by atoms with Crippen molar-refractivity contribution >= 4 is 5.97 Å². The maximum atomic E-state index is 9.58. The maximum Gasteiger partial charge on any atom is 0.300 e. The Hall–Kier alpha value is -1.51. The fourth-order valence-corrected chi connectivity index (χ4v) is 1.99. The molecule has 0 saturated heterocycles. The van der Waals surface area contributed by atoms with Crippen molar-refractivity contribution in [2.45, 2.75) is 65.2 Å². The van der Waals surface area contributed by atoms with Crippen LogP contribution in [0.15, 0.2) is 24.3 Å². The normalized spacial score (nSPS) is 9.70. The summed E-state index contributed by atoms with van der Waals surface area (Å²) < 4.78 is 0. The second kappa shape index (κ2) is 12.5. The number of carboxylic acids is 1. The third kappa shape index (κ3) is 11.6. The van der Waals surface area contributed by atoms with Gasteiger partial charge in [0.2, 0.25) is 0 Å². The molecule has 0 aliphatic rings. The zero-order valence-corrected chi connectivity index (χ0v) is 12.8. The van der Waals surface area contributed by atoms with E-state index in [0.717, 1.165) is 18.9 Å². The van der Waals surface area contributed by atoms with Crippen LogP contribution in [-0.4, -0.2) is 16.2 Å². The minimum atomic E-state index is -0.833. The molecule has 0 saturated carbocycles. The third-order valence-electron chi connectivity index (χ3n) is 3.04. The Bertz CT molecular complexity index is 357. The molecule has 0 spiro atoms. The Kier molecular flexibility index (Phi) is 11.6. The highest BCUT2D eigenvalue weighted by Gasteiger charge is 1.98. The van der Waals surface area contributed by atoms with Crippen LogP contribution in [0.2, 0.25) is 0 Å². The molecule has 20 heavy (non-hydrogen) atoms. The first-order chi connectivity index (χ1) is 9.57. The summed E-state index contributed by atoms with van der Waals surface area (Å²) in [4.78, 5) is 9.00. The second-order valence-corrected chi connectivity index (χ2v) is 5.02. The summed E-state index contributed by atoms with van der Waals surface area (Å²) in [5, 5.41) is 17.0. The van der Waals surface area contributed by atoms with Gasteiger partial charge in [-0.15, -0.1) is 0 Å². The lowest BCUT2D eigenvalue weighted by Crippen LogP contribution is -1.87. The molecule has 1 rings (SSSR count). The number of hydrogen-bond donors (Lipinski definition) is 2. The molecule has 0 aliphatic heterocycles. The molecule has 1 aromatic rings. The van der Waals surface area contributed by atoms with E-state index in [4.69, 9.17) is 9.90 Å². The average molecular weight is 280 g/mol. The lowest BCUT2D eigenvalue weighted by molar-refractivity contribution is -0.134. The first-order valence-electron chi connectivity index (χ1n) is 7.54. The molecule has 0 unspecified atom stereocenters. The van der Waals surface area contributed by atoms with Crippen molar-refractivity contribution in [3.05, 3.63) is 29.8 Å². The summed E-state index contributed by atoms with van der Waals surface area (Å²) in [5.41, 5.74) is 1.09. The van der Waals surface area contributed by atoms with Gasteiger partial charge in [0.1, 0.15) is 5.75 Å². The molecule has 0 heterocycles. The number of benzene rings is 1. The number of carbonyl (C=O) groups is 1. The van der Waals surface area contributed by atoms with Crippen LogP contribution in [0.25, 0.3) is 0 Å². The lowest BCUT2D eigenvalue weighted by Gasteiger charge is -2.04. The van der Waals surface area contributed by atoms with Gasteiger partial charge >= 0.3 is 0 Å². The zero-order chi connectivity index (χ0) is 15.2. The van der Waals surface area contributed by atoms with Gasteiger partial charge in [-0.3, -0.25) is 4.79 Å². The molecule has 2 N–H and O–H groups in total. The van der Waals surface area contributed by atoms with Gasteiger partial charge in [-0.25, -0.2) is 0 Å². The highest BCUT2D eigenvalue weighted by Crippen LogP contribution is 2.18. The van der Waals surface area contributed by atoms with Crippen LogP contribution in [0.4, 0.5) is 0 Å². The molecule has 0 fully saturated rings. The van der Waals surface area contributed by atoms with Crippen LogP contribution < -0.4 is 0 Å². The number of rotatable bonds is 8. The van der Waals surface area contributed by atoms with Gasteiger partial charge in [-0.05, 0) is 24.5 Å². The largest absolute Gasteiger partial charge is 0.508 e. The van der Waals surface area contributed by atoms with E-state index in [1.165, 1.54) is 44.9 Å². The Labute approximate surface area is 122 Å². The second-order valence-electron chi connectivity index (χ2n) is 5.02. The summed E-state index contributed by atoms with van der Waals surface area (Å²) in [6, 6.07) is 7.67. The highest BCUT2D eigenvalue weighted by molar-refractivity contribution is 5.62. The SMILES string of the molecule is CC(=O)O.CCCCCCCCCc1ccccc1O. The Morgan fingerprint density at radius 1 is 1.00 bits per heavy atom. The third-order valence-corrected chi connectivity index (χ3v) is 3.04. The van der Waals surface area contributed by atoms with Crippen LogP contribution in [0.3, 0.4) is 0 Å². The Morgan fingerprint density at radius 3 is 2.05 bits per heavy atom. The van der Waals surface area contributed by atoms with E-state index in [1.54, 1.807) is 6.07 Å². The van der Waals surface area contributed by atoms with Crippen molar-refractivity contribution in [2.24, 2.45) is 0 Å². The van der Waals surface area contributed by atoms with Crippen LogP contribution in [0.5, 0.6) is 5.75 Å². The minimum Gasteiger partial charge on any atom is -0.508 e. The van der Waals surface area contributed by atoms with Crippen LogP contribution >= 0.6 is 0 Å². The van der Waals surface area contributed by atoms with Crippen LogP contribution in [-0.2, 0) is 11.2 Å². The van der Waals surface area contributed by atoms with Crippen LogP contribution in [0, 0.1) is 0 Å². The fourth-order valence-electron chi connectivity index (χ4n) is 1.99. The zero-order valence-electron chi connectivity index (χ0n) is 12.8. The maximum absolute atomic E-state index is 9.58. The van der Waals surface area contributed by atoms with E-state index in [0.29, 0.717) is 5.75 Å². The van der Waals surface area contributed by atoms with E-state index in [9.17, 15) is 5.11 Å². The summed E-state index contributed by atoms with van der Waals surface area (Å²) in [6.07, 6.45) is 10.3. The van der Waals surface area contributed by atoms with Gasteiger partial charge < -0.3 is 10.2 Å². The number of para-hydroxylation sites is 1. The quantitative estimate of drug-likeness (QED) is 0.674. The number of phenols is 1. The van der Waals surface area contributed by atoms with Gasteiger partial charge in [0, 0.05) is 6.92 Å². The molecule has 3 nitrogen and oxygen atoms in total. The summed E-state index contributed by atoms with van der Waals surface area (Å²) in [7, 11) is 0. The Balaban J connectivity index is 0.000000796. The molecule has 114 valence electrons. The molecular formula is C17H28O3. The topological polar surface area (TPSA) is 57.5 Å². The standard InChI is InChI=1S/C15H24O.C2H4O2/c1-2-3-4-5-6-7-8-11-14-12-9-10-13-15(14)16;1-2(3)4/h9-10,12-13,16H,2-8,11H2,1H3;1H3,(H,3,4). The molecule has 0 amide bonds. The van der Waals surface area contributed by atoms with Crippen LogP contribution in [0.1, 0.15) is 64.4 Å². The molecule has 0 aromatic heterocycles. The Morgan fingerprint density at radius 2 is 1.50 bits per heavy atom. The molecule has 0 bridgehead atoms. The molecule has 0 aliphatic carbocycles. The lowest BCUT2D eigenvalue weighted by atomic mass is 10.0. The van der Waals surface area contributed by atoms with Gasteiger partial charge in [-0.1, -0.05) is 63.6 Å². The number of aliphatic carboxylic acids is 1. The predicted molar refractivity (Wildman–Crippen MR) is 83.1 cm³/mol. The number of aryl methyl sites for hydroxylation is 1. The molecule has 1 aromatic carbocycles. The van der Waals surface area contributed by atoms with E-state index in [1.807, 2.05) is 18.2 Å². The van der Waals surface area contributed by atoms with Crippen molar-refractivity contribution in [2.75, 3.05) is 0 Å². The average Bonchev–Trinajstić information content (AvgIpc) is 2.39. The summed E-state index contributed by atoms with van der Waals surface area (Å²) >= 11 is 0. The number of aromatic hydroxyl groups is 1. The number of hydrogen-bond acceptors (Lipinski definition) is 2. The summed E-state index contributed by atoms with van der Waals surface area (Å²) in [6.45, 7) is 3.33. The smallest absolute Gasteiger partial charge is 0.300 e. The van der Waals surface area contributed by atoms with Crippen molar-refractivity contribution < 1.29 is 15.0 Å². The number of phenolic OH excluding ortho intramolecular Hbond substituents is 1. The molecule has 0 radical (unpaired) electrons. The fraction of sp³-hybridized carbons (Fsp3) is 0.588. The van der Waals surface area contributed by atoms with E-state index in [2.05, 4.69) is 6.92 Å². The van der Waals surface area contributed by atoms with Gasteiger partial charge in [0.05, 0.1) is 0 Å². The number of carboxylic acid groups (broad SMARTS) is 1. The first kappa shape index (κ1) is 18.5. The van der Waals surface area contributed by atoms with Crippen molar-refractivity contribution in [1.82, 2.24) is 0 Å². The van der Waals surface area contributed by atoms with Gasteiger partial charge in [-0.2, -0.15) is 0 Å². The molecule has 0 atom stereocenters. The van der Waals surface area contributed by atoms with Crippen molar-refractivity contribution in [1.29, 1.82) is 0 Å². The highest BCUT2D eigenvalue weighted by atomic mass is 16.4. The van der Waals surface area contributed by atoms with E-state index >= 15 is 0 Å². The van der Waals surface area contributed by atoms with E-state index < -0.39 is 5.97 Å². The minimum absolute atomic E-state index is 0.452. The van der Waals surface area contributed by atoms with Gasteiger partial charge in [0.25, 0.3) is 5.97 Å². The predicted octanol–water partition coefficient (Wildman–Crippen LogP) is 4.78. The van der Waals surface area contributed by atoms with Crippen molar-refractivity contribution in [3.63, 3.8) is 0 Å². The first-order valence-corrected chi connectivity index (χ1v) is 7.54. The molecular weight excluding hydrogens is 252 g/mol. The van der Waals surface area contributed by atoms with E-state index in [-0.39, 0.29) is 0 Å². The molecule has 3 heteroatoms. The van der Waals surface area contributed by atoms with Crippen molar-refractivity contribution in [3.8, 4) is 5.75 Å². The summed E-state index contributed by atoms with van der Waals surface area (Å²) in [5.74, 6) is -0.381. The number of unbranched alkanes of at least 4 members (excludes halogenated alkanes) is 6. The monoisotopic (exact) mass is 280 g/mol. The van der Waals surface area contributed by atoms with Gasteiger partial charge in [0.15, 0.2) is 0 Å².